The minimum Gasteiger partial charge on any atom is -0.481 e. The minimum absolute atomic E-state index is 0.0648. The van der Waals surface area contributed by atoms with Crippen molar-refractivity contribution in [2.75, 3.05) is 0 Å². The third-order valence-corrected chi connectivity index (χ3v) is 4.02. The predicted octanol–water partition coefficient (Wildman–Crippen LogP) is 4.77. The third-order valence-electron chi connectivity index (χ3n) is 2.42. The maximum atomic E-state index is 10.7. The number of hydrogen-bond acceptors (Lipinski definition) is 2. The van der Waals surface area contributed by atoms with Crippen LogP contribution in [-0.4, -0.2) is 11.1 Å². The van der Waals surface area contributed by atoms with Gasteiger partial charge in [0.1, 0.15) is 0 Å². The van der Waals surface area contributed by atoms with E-state index in [1.165, 1.54) is 0 Å². The van der Waals surface area contributed by atoms with Crippen LogP contribution in [0.4, 0.5) is 0 Å². The highest BCUT2D eigenvalue weighted by molar-refractivity contribution is 7.99. The molecule has 0 saturated carbocycles. The zero-order valence-corrected chi connectivity index (χ0v) is 12.1. The lowest BCUT2D eigenvalue weighted by molar-refractivity contribution is -0.136. The maximum Gasteiger partial charge on any atom is 0.307 e. The lowest BCUT2D eigenvalue weighted by Crippen LogP contribution is -2.00. The summed E-state index contributed by atoms with van der Waals surface area (Å²) in [6.45, 7) is 0. The molecule has 0 amide bonds. The molecular formula is C14H10Cl2O2S. The molecule has 0 aliphatic carbocycles. The van der Waals surface area contributed by atoms with E-state index in [9.17, 15) is 4.79 Å². The van der Waals surface area contributed by atoms with Gasteiger partial charge in [-0.25, -0.2) is 0 Å². The van der Waals surface area contributed by atoms with E-state index in [0.29, 0.717) is 15.6 Å². The number of carboxylic acids is 1. The van der Waals surface area contributed by atoms with Gasteiger partial charge in [-0.05, 0) is 42.0 Å². The molecular weight excluding hydrogens is 303 g/mol. The van der Waals surface area contributed by atoms with E-state index in [1.54, 1.807) is 23.9 Å². The molecule has 0 spiro atoms. The molecule has 98 valence electrons. The third kappa shape index (κ3) is 4.16. The Bertz CT molecular complexity index is 597. The van der Waals surface area contributed by atoms with E-state index in [2.05, 4.69) is 0 Å². The van der Waals surface area contributed by atoms with Crippen LogP contribution in [0, 0.1) is 0 Å². The Labute approximate surface area is 125 Å². The van der Waals surface area contributed by atoms with Crippen molar-refractivity contribution < 1.29 is 9.90 Å². The second-order valence-corrected chi connectivity index (χ2v) is 5.87. The molecule has 2 nitrogen and oxygen atoms in total. The first-order valence-corrected chi connectivity index (χ1v) is 7.05. The summed E-state index contributed by atoms with van der Waals surface area (Å²) >= 11 is 13.4. The minimum atomic E-state index is -0.889. The number of hydrogen-bond donors (Lipinski definition) is 1. The molecule has 0 bridgehead atoms. The van der Waals surface area contributed by atoms with Crippen LogP contribution in [0.3, 0.4) is 0 Å². The van der Waals surface area contributed by atoms with Gasteiger partial charge in [-0.2, -0.15) is 0 Å². The van der Waals surface area contributed by atoms with Crippen LogP contribution in [0.5, 0.6) is 0 Å². The van der Waals surface area contributed by atoms with Gasteiger partial charge in [-0.3, -0.25) is 4.79 Å². The summed E-state index contributed by atoms with van der Waals surface area (Å²) in [6, 6.07) is 12.9. The molecule has 2 aromatic rings. The van der Waals surface area contributed by atoms with E-state index < -0.39 is 5.97 Å². The topological polar surface area (TPSA) is 37.3 Å². The van der Waals surface area contributed by atoms with Gasteiger partial charge in [0.25, 0.3) is 0 Å². The Hall–Kier alpha value is -1.16. The van der Waals surface area contributed by atoms with Gasteiger partial charge in [0.15, 0.2) is 0 Å². The van der Waals surface area contributed by atoms with Crippen LogP contribution in [0.25, 0.3) is 0 Å². The smallest absolute Gasteiger partial charge is 0.307 e. The quantitative estimate of drug-likeness (QED) is 0.883. The van der Waals surface area contributed by atoms with Gasteiger partial charge in [-0.15, -0.1) is 0 Å². The van der Waals surface area contributed by atoms with Crippen LogP contribution in [0.2, 0.25) is 10.0 Å². The monoisotopic (exact) mass is 312 g/mol. The van der Waals surface area contributed by atoms with Crippen molar-refractivity contribution in [3.8, 4) is 0 Å². The summed E-state index contributed by atoms with van der Waals surface area (Å²) in [6.07, 6.45) is -0.0648. The lowest BCUT2D eigenvalue weighted by Gasteiger charge is -2.05. The molecule has 0 radical (unpaired) electrons. The second-order valence-electron chi connectivity index (χ2n) is 3.88. The molecule has 2 aromatic carbocycles. The highest BCUT2D eigenvalue weighted by atomic mass is 35.5. The van der Waals surface area contributed by atoms with Crippen LogP contribution in [0.15, 0.2) is 52.3 Å². The van der Waals surface area contributed by atoms with Gasteiger partial charge in [0.05, 0.1) is 6.42 Å². The largest absolute Gasteiger partial charge is 0.481 e. The van der Waals surface area contributed by atoms with Crippen LogP contribution < -0.4 is 0 Å². The molecule has 2 rings (SSSR count). The van der Waals surface area contributed by atoms with Gasteiger partial charge in [0.2, 0.25) is 0 Å². The molecule has 0 aliphatic rings. The Balaban J connectivity index is 2.15. The lowest BCUT2D eigenvalue weighted by atomic mass is 10.1. The molecule has 0 unspecified atom stereocenters. The zero-order chi connectivity index (χ0) is 13.8. The highest BCUT2D eigenvalue weighted by Crippen LogP contribution is 2.31. The van der Waals surface area contributed by atoms with E-state index in [0.717, 1.165) is 9.79 Å². The average molecular weight is 313 g/mol. The summed E-state index contributed by atoms with van der Waals surface area (Å²) < 4.78 is 0. The van der Waals surface area contributed by atoms with Crippen LogP contribution in [0.1, 0.15) is 5.56 Å². The van der Waals surface area contributed by atoms with Crippen molar-refractivity contribution in [2.24, 2.45) is 0 Å². The zero-order valence-electron chi connectivity index (χ0n) is 9.77. The van der Waals surface area contributed by atoms with Gasteiger partial charge in [0, 0.05) is 19.8 Å². The molecule has 0 fully saturated rings. The first kappa shape index (κ1) is 14.3. The first-order valence-electron chi connectivity index (χ1n) is 5.48. The number of carbonyl (C=O) groups is 1. The number of carboxylic acid groups (broad SMARTS) is 1. The Morgan fingerprint density at radius 1 is 1.05 bits per heavy atom. The fraction of sp³-hybridized carbons (Fsp3) is 0.0714. The van der Waals surface area contributed by atoms with Crippen LogP contribution >= 0.6 is 35.0 Å². The summed E-state index contributed by atoms with van der Waals surface area (Å²) in [5.41, 5.74) is 0.620. The normalized spacial score (nSPS) is 10.4. The molecule has 19 heavy (non-hydrogen) atoms. The highest BCUT2D eigenvalue weighted by Gasteiger charge is 2.07. The van der Waals surface area contributed by atoms with Crippen molar-refractivity contribution in [1.29, 1.82) is 0 Å². The standard InChI is InChI=1S/C14H10Cl2O2S/c15-10-2-5-11(6-3-10)19-12-4-1-9(7-14(17)18)13(16)8-12/h1-6,8H,7H2,(H,17,18). The van der Waals surface area contributed by atoms with E-state index in [1.807, 2.05) is 30.3 Å². The maximum absolute atomic E-state index is 10.7. The fourth-order valence-corrected chi connectivity index (χ4v) is 2.83. The molecule has 5 heteroatoms. The molecule has 0 heterocycles. The Kier molecular flexibility index (Phi) is 4.75. The predicted molar refractivity (Wildman–Crippen MR) is 78.4 cm³/mol. The molecule has 0 atom stereocenters. The number of benzene rings is 2. The SMILES string of the molecule is O=C(O)Cc1ccc(Sc2ccc(Cl)cc2)cc1Cl. The fourth-order valence-electron chi connectivity index (χ4n) is 1.54. The van der Waals surface area contributed by atoms with Crippen molar-refractivity contribution in [1.82, 2.24) is 0 Å². The number of halogens is 2. The van der Waals surface area contributed by atoms with Crippen molar-refractivity contribution >= 4 is 40.9 Å². The van der Waals surface area contributed by atoms with Crippen molar-refractivity contribution in [3.05, 3.63) is 58.1 Å². The Morgan fingerprint density at radius 3 is 2.26 bits per heavy atom. The first-order chi connectivity index (χ1) is 9.04. The van der Waals surface area contributed by atoms with E-state index in [-0.39, 0.29) is 6.42 Å². The second kappa shape index (κ2) is 6.33. The van der Waals surface area contributed by atoms with E-state index >= 15 is 0 Å². The molecule has 0 aliphatic heterocycles. The van der Waals surface area contributed by atoms with Gasteiger partial charge < -0.3 is 5.11 Å². The summed E-state index contributed by atoms with van der Waals surface area (Å²) in [7, 11) is 0. The number of aliphatic carboxylic acids is 1. The molecule has 0 aromatic heterocycles. The summed E-state index contributed by atoms with van der Waals surface area (Å²) in [5, 5.41) is 9.91. The van der Waals surface area contributed by atoms with Crippen molar-refractivity contribution in [3.63, 3.8) is 0 Å². The van der Waals surface area contributed by atoms with Crippen LogP contribution in [-0.2, 0) is 11.2 Å². The van der Waals surface area contributed by atoms with Gasteiger partial charge >= 0.3 is 5.97 Å². The molecule has 1 N–H and O–H groups in total. The Morgan fingerprint density at radius 2 is 1.68 bits per heavy atom. The molecule has 0 saturated heterocycles. The van der Waals surface area contributed by atoms with E-state index in [4.69, 9.17) is 28.3 Å². The van der Waals surface area contributed by atoms with Crippen molar-refractivity contribution in [2.45, 2.75) is 16.2 Å². The average Bonchev–Trinajstić information content (AvgIpc) is 2.35. The summed E-state index contributed by atoms with van der Waals surface area (Å²) in [5.74, 6) is -0.889. The number of rotatable bonds is 4. The summed E-state index contributed by atoms with van der Waals surface area (Å²) in [4.78, 5) is 12.7. The van der Waals surface area contributed by atoms with Gasteiger partial charge in [-0.1, -0.05) is 41.0 Å².